The summed E-state index contributed by atoms with van der Waals surface area (Å²) in [6.07, 6.45) is 3.50. The molecule has 1 atom stereocenters. The highest BCUT2D eigenvalue weighted by Gasteiger charge is 2.08. The van der Waals surface area contributed by atoms with Crippen LogP contribution in [-0.2, 0) is 0 Å². The van der Waals surface area contributed by atoms with E-state index in [9.17, 15) is 0 Å². The fourth-order valence-corrected chi connectivity index (χ4v) is 2.45. The van der Waals surface area contributed by atoms with Crippen molar-refractivity contribution in [3.05, 3.63) is 42.5 Å². The summed E-state index contributed by atoms with van der Waals surface area (Å²) in [6.45, 7) is 6.21. The normalized spacial score (nSPS) is 12.5. The van der Waals surface area contributed by atoms with E-state index in [-0.39, 0.29) is 0 Å². The summed E-state index contributed by atoms with van der Waals surface area (Å²) < 4.78 is 6.07. The van der Waals surface area contributed by atoms with Crippen molar-refractivity contribution in [2.24, 2.45) is 0 Å². The largest absolute Gasteiger partial charge is 0.491 e. The lowest BCUT2D eigenvalue weighted by Gasteiger charge is -2.19. The van der Waals surface area contributed by atoms with E-state index in [1.807, 2.05) is 0 Å². The first-order valence-electron chi connectivity index (χ1n) is 7.69. The molecule has 0 aliphatic rings. The van der Waals surface area contributed by atoms with Crippen molar-refractivity contribution in [1.29, 1.82) is 0 Å². The van der Waals surface area contributed by atoms with Gasteiger partial charge in [0.15, 0.2) is 0 Å². The molecule has 0 amide bonds. The minimum Gasteiger partial charge on any atom is -0.491 e. The first-order valence-corrected chi connectivity index (χ1v) is 7.69. The quantitative estimate of drug-likeness (QED) is 0.769. The Bertz CT molecular complexity index is 518. The van der Waals surface area contributed by atoms with Gasteiger partial charge in [-0.05, 0) is 30.8 Å². The maximum absolute atomic E-state index is 6.07. The number of hydrogen-bond donors (Lipinski definition) is 1. The molecule has 108 valence electrons. The third-order valence-corrected chi connectivity index (χ3v) is 3.51. The van der Waals surface area contributed by atoms with E-state index in [0.717, 1.165) is 31.7 Å². The average Bonchev–Trinajstić information content (AvgIpc) is 2.50. The lowest BCUT2D eigenvalue weighted by molar-refractivity contribution is 0.258. The van der Waals surface area contributed by atoms with Crippen molar-refractivity contribution < 1.29 is 4.74 Å². The third kappa shape index (κ3) is 3.97. The number of fused-ring (bicyclic) bond motifs is 1. The molecule has 0 saturated heterocycles. The Morgan fingerprint density at radius 1 is 1.00 bits per heavy atom. The molecule has 20 heavy (non-hydrogen) atoms. The maximum atomic E-state index is 6.07. The molecule has 0 aromatic heterocycles. The Balaban J connectivity index is 2.03. The van der Waals surface area contributed by atoms with Crippen LogP contribution >= 0.6 is 0 Å². The number of hydrogen-bond acceptors (Lipinski definition) is 2. The summed E-state index contributed by atoms with van der Waals surface area (Å²) in [6, 6.07) is 15.1. The molecule has 0 bridgehead atoms. The number of nitrogens with one attached hydrogen (secondary N) is 1. The molecular formula is C18H25NO. The molecule has 2 heteroatoms. The topological polar surface area (TPSA) is 21.3 Å². The number of rotatable bonds is 8. The van der Waals surface area contributed by atoms with Gasteiger partial charge in [-0.1, -0.05) is 56.7 Å². The summed E-state index contributed by atoms with van der Waals surface area (Å²) in [5.74, 6) is 0.988. The Labute approximate surface area is 122 Å². The SMILES string of the molecule is CCCNC(CCC)COc1cccc2ccccc12. The molecule has 2 nitrogen and oxygen atoms in total. The van der Waals surface area contributed by atoms with Crippen molar-refractivity contribution in [3.63, 3.8) is 0 Å². The second kappa shape index (κ2) is 7.91. The molecule has 1 unspecified atom stereocenters. The molecule has 0 heterocycles. The van der Waals surface area contributed by atoms with Crippen LogP contribution in [0.15, 0.2) is 42.5 Å². The van der Waals surface area contributed by atoms with E-state index < -0.39 is 0 Å². The minimum absolute atomic E-state index is 0.443. The van der Waals surface area contributed by atoms with Gasteiger partial charge in [0.25, 0.3) is 0 Å². The Kier molecular flexibility index (Phi) is 5.87. The second-order valence-electron chi connectivity index (χ2n) is 5.23. The molecule has 1 N–H and O–H groups in total. The van der Waals surface area contributed by atoms with Crippen LogP contribution in [0.5, 0.6) is 5.75 Å². The van der Waals surface area contributed by atoms with Crippen LogP contribution in [-0.4, -0.2) is 19.2 Å². The van der Waals surface area contributed by atoms with Gasteiger partial charge in [-0.15, -0.1) is 0 Å². The molecule has 0 fully saturated rings. The molecule has 0 spiro atoms. The monoisotopic (exact) mass is 271 g/mol. The van der Waals surface area contributed by atoms with Crippen LogP contribution in [0, 0.1) is 0 Å². The standard InChI is InChI=1S/C18H25NO/c1-3-8-16(19-13-4-2)14-20-18-12-7-10-15-9-5-6-11-17(15)18/h5-7,9-12,16,19H,3-4,8,13-14H2,1-2H3. The Morgan fingerprint density at radius 2 is 1.80 bits per heavy atom. The molecule has 0 saturated carbocycles. The van der Waals surface area contributed by atoms with Crippen LogP contribution in [0.1, 0.15) is 33.1 Å². The average molecular weight is 271 g/mol. The lowest BCUT2D eigenvalue weighted by atomic mass is 10.1. The first kappa shape index (κ1) is 14.9. The van der Waals surface area contributed by atoms with Gasteiger partial charge < -0.3 is 10.1 Å². The smallest absolute Gasteiger partial charge is 0.127 e. The zero-order valence-electron chi connectivity index (χ0n) is 12.6. The zero-order valence-corrected chi connectivity index (χ0v) is 12.6. The van der Waals surface area contributed by atoms with Crippen LogP contribution in [0.2, 0.25) is 0 Å². The third-order valence-electron chi connectivity index (χ3n) is 3.51. The molecule has 2 rings (SSSR count). The predicted molar refractivity (Wildman–Crippen MR) is 86.4 cm³/mol. The maximum Gasteiger partial charge on any atom is 0.127 e. The number of benzene rings is 2. The van der Waals surface area contributed by atoms with E-state index in [0.29, 0.717) is 6.04 Å². The molecule has 0 aliphatic heterocycles. The van der Waals surface area contributed by atoms with Crippen molar-refractivity contribution in [2.75, 3.05) is 13.2 Å². The predicted octanol–water partition coefficient (Wildman–Crippen LogP) is 4.39. The molecule has 2 aromatic carbocycles. The van der Waals surface area contributed by atoms with E-state index in [1.54, 1.807) is 0 Å². The van der Waals surface area contributed by atoms with E-state index in [1.165, 1.54) is 17.2 Å². The van der Waals surface area contributed by atoms with E-state index >= 15 is 0 Å². The highest BCUT2D eigenvalue weighted by atomic mass is 16.5. The van der Waals surface area contributed by atoms with Gasteiger partial charge in [0.1, 0.15) is 12.4 Å². The lowest BCUT2D eigenvalue weighted by Crippen LogP contribution is -2.35. The van der Waals surface area contributed by atoms with Gasteiger partial charge in [0.05, 0.1) is 0 Å². The Morgan fingerprint density at radius 3 is 2.60 bits per heavy atom. The summed E-state index contributed by atoms with van der Waals surface area (Å²) in [5.41, 5.74) is 0. The van der Waals surface area contributed by atoms with Crippen LogP contribution in [0.25, 0.3) is 10.8 Å². The highest BCUT2D eigenvalue weighted by molar-refractivity contribution is 5.88. The second-order valence-corrected chi connectivity index (χ2v) is 5.23. The molecule has 0 aliphatic carbocycles. The van der Waals surface area contributed by atoms with Gasteiger partial charge in [-0.25, -0.2) is 0 Å². The van der Waals surface area contributed by atoms with E-state index in [4.69, 9.17) is 4.74 Å². The first-order chi connectivity index (χ1) is 9.85. The fraction of sp³-hybridized carbons (Fsp3) is 0.444. The number of ether oxygens (including phenoxy) is 1. The summed E-state index contributed by atoms with van der Waals surface area (Å²) in [4.78, 5) is 0. The van der Waals surface area contributed by atoms with Crippen molar-refractivity contribution in [3.8, 4) is 5.75 Å². The van der Waals surface area contributed by atoms with Gasteiger partial charge in [-0.3, -0.25) is 0 Å². The Hall–Kier alpha value is -1.54. The van der Waals surface area contributed by atoms with Crippen molar-refractivity contribution >= 4 is 10.8 Å². The highest BCUT2D eigenvalue weighted by Crippen LogP contribution is 2.25. The van der Waals surface area contributed by atoms with Gasteiger partial charge >= 0.3 is 0 Å². The molecule has 2 aromatic rings. The van der Waals surface area contributed by atoms with Crippen LogP contribution in [0.3, 0.4) is 0 Å². The van der Waals surface area contributed by atoms with Crippen molar-refractivity contribution in [2.45, 2.75) is 39.2 Å². The van der Waals surface area contributed by atoms with E-state index in [2.05, 4.69) is 61.6 Å². The van der Waals surface area contributed by atoms with Crippen LogP contribution < -0.4 is 10.1 Å². The molecule has 0 radical (unpaired) electrons. The summed E-state index contributed by atoms with van der Waals surface area (Å²) in [5, 5.41) is 5.99. The molecular weight excluding hydrogens is 246 g/mol. The van der Waals surface area contributed by atoms with Crippen molar-refractivity contribution in [1.82, 2.24) is 5.32 Å². The van der Waals surface area contributed by atoms with Crippen LogP contribution in [0.4, 0.5) is 0 Å². The van der Waals surface area contributed by atoms with Gasteiger partial charge in [0, 0.05) is 11.4 Å². The van der Waals surface area contributed by atoms with Gasteiger partial charge in [-0.2, -0.15) is 0 Å². The summed E-state index contributed by atoms with van der Waals surface area (Å²) in [7, 11) is 0. The fourth-order valence-electron chi connectivity index (χ4n) is 2.45. The minimum atomic E-state index is 0.443. The summed E-state index contributed by atoms with van der Waals surface area (Å²) >= 11 is 0. The zero-order chi connectivity index (χ0) is 14.2. The van der Waals surface area contributed by atoms with Gasteiger partial charge in [0.2, 0.25) is 0 Å².